The van der Waals surface area contributed by atoms with Gasteiger partial charge in [0.05, 0.1) is 12.1 Å². The minimum Gasteiger partial charge on any atom is -0.391 e. The molecular weight excluding hydrogens is 240 g/mol. The van der Waals surface area contributed by atoms with Crippen molar-refractivity contribution in [3.63, 3.8) is 0 Å². The molecule has 2 aliphatic rings. The summed E-state index contributed by atoms with van der Waals surface area (Å²) in [7, 11) is 0. The summed E-state index contributed by atoms with van der Waals surface area (Å²) in [6, 6.07) is 0.137. The smallest absolute Gasteiger partial charge is 0.315 e. The van der Waals surface area contributed by atoms with Crippen molar-refractivity contribution in [1.29, 1.82) is 0 Å². The molecule has 0 heterocycles. The first-order chi connectivity index (χ1) is 8.96. The highest BCUT2D eigenvalue weighted by Gasteiger charge is 2.29. The Hall–Kier alpha value is -0.770. The lowest BCUT2D eigenvalue weighted by Crippen LogP contribution is -2.51. The van der Waals surface area contributed by atoms with E-state index in [0.717, 1.165) is 38.5 Å². The van der Waals surface area contributed by atoms with E-state index in [1.54, 1.807) is 0 Å². The molecule has 19 heavy (non-hydrogen) atoms. The van der Waals surface area contributed by atoms with E-state index in [9.17, 15) is 9.90 Å². The molecule has 0 spiro atoms. The highest BCUT2D eigenvalue weighted by molar-refractivity contribution is 5.74. The van der Waals surface area contributed by atoms with E-state index in [4.69, 9.17) is 0 Å². The topological polar surface area (TPSA) is 61.4 Å². The lowest BCUT2D eigenvalue weighted by molar-refractivity contribution is 0.0935. The Morgan fingerprint density at radius 1 is 1.05 bits per heavy atom. The number of rotatable bonds is 2. The first-order valence-corrected chi connectivity index (χ1v) is 7.71. The molecule has 4 heteroatoms. The van der Waals surface area contributed by atoms with Gasteiger partial charge in [-0.05, 0) is 43.9 Å². The van der Waals surface area contributed by atoms with Crippen LogP contribution in [0, 0.1) is 5.41 Å². The van der Waals surface area contributed by atoms with Gasteiger partial charge in [0.15, 0.2) is 0 Å². The predicted octanol–water partition coefficient (Wildman–Crippen LogP) is 2.56. The van der Waals surface area contributed by atoms with Crippen molar-refractivity contribution in [3.05, 3.63) is 0 Å². The lowest BCUT2D eigenvalue weighted by Gasteiger charge is -2.35. The van der Waals surface area contributed by atoms with Gasteiger partial charge in [-0.3, -0.25) is 0 Å². The zero-order valence-corrected chi connectivity index (χ0v) is 12.2. The SMILES string of the molecule is CC1(C)CCC(NC(=O)NC2CCCCC2O)CC1. The first kappa shape index (κ1) is 14.6. The van der Waals surface area contributed by atoms with E-state index < -0.39 is 0 Å². The minimum absolute atomic E-state index is 0.0613. The van der Waals surface area contributed by atoms with Gasteiger partial charge >= 0.3 is 6.03 Å². The molecular formula is C15H28N2O2. The van der Waals surface area contributed by atoms with Gasteiger partial charge in [0.25, 0.3) is 0 Å². The average Bonchev–Trinajstić information content (AvgIpc) is 2.35. The Kier molecular flexibility index (Phi) is 4.71. The van der Waals surface area contributed by atoms with Crippen LogP contribution in [-0.4, -0.2) is 29.3 Å². The Morgan fingerprint density at radius 2 is 1.68 bits per heavy atom. The van der Waals surface area contributed by atoms with Crippen LogP contribution in [0.15, 0.2) is 0 Å². The summed E-state index contributed by atoms with van der Waals surface area (Å²) in [6.07, 6.45) is 7.97. The van der Waals surface area contributed by atoms with Crippen molar-refractivity contribution < 1.29 is 9.90 Å². The minimum atomic E-state index is -0.371. The zero-order chi connectivity index (χ0) is 13.9. The fraction of sp³-hybridized carbons (Fsp3) is 0.933. The largest absolute Gasteiger partial charge is 0.391 e. The summed E-state index contributed by atoms with van der Waals surface area (Å²) >= 11 is 0. The summed E-state index contributed by atoms with van der Waals surface area (Å²) in [5, 5.41) is 15.8. The van der Waals surface area contributed by atoms with Crippen molar-refractivity contribution >= 4 is 6.03 Å². The molecule has 0 saturated heterocycles. The van der Waals surface area contributed by atoms with Gasteiger partial charge < -0.3 is 15.7 Å². The molecule has 2 amide bonds. The number of amides is 2. The summed E-state index contributed by atoms with van der Waals surface area (Å²) in [4.78, 5) is 12.0. The third kappa shape index (κ3) is 4.37. The van der Waals surface area contributed by atoms with E-state index in [2.05, 4.69) is 24.5 Å². The van der Waals surface area contributed by atoms with Gasteiger partial charge in [0.1, 0.15) is 0 Å². The molecule has 0 radical (unpaired) electrons. The van der Waals surface area contributed by atoms with Gasteiger partial charge in [0, 0.05) is 6.04 Å². The number of aliphatic hydroxyl groups is 1. The van der Waals surface area contributed by atoms with Gasteiger partial charge in [-0.25, -0.2) is 4.79 Å². The Labute approximate surface area is 116 Å². The maximum absolute atomic E-state index is 12.0. The van der Waals surface area contributed by atoms with Gasteiger partial charge in [0.2, 0.25) is 0 Å². The van der Waals surface area contributed by atoms with E-state index >= 15 is 0 Å². The number of urea groups is 1. The van der Waals surface area contributed by atoms with Crippen LogP contribution in [0.3, 0.4) is 0 Å². The van der Waals surface area contributed by atoms with Crippen LogP contribution in [-0.2, 0) is 0 Å². The number of carbonyl (C=O) groups excluding carboxylic acids is 1. The summed E-state index contributed by atoms with van der Waals surface area (Å²) in [6.45, 7) is 4.59. The molecule has 2 unspecified atom stereocenters. The first-order valence-electron chi connectivity index (χ1n) is 7.71. The van der Waals surface area contributed by atoms with E-state index in [1.807, 2.05) is 0 Å². The van der Waals surface area contributed by atoms with E-state index in [-0.39, 0.29) is 18.2 Å². The number of carbonyl (C=O) groups is 1. The van der Waals surface area contributed by atoms with Gasteiger partial charge in [-0.15, -0.1) is 0 Å². The number of hydrogen-bond donors (Lipinski definition) is 3. The van der Waals surface area contributed by atoms with Crippen molar-refractivity contribution in [1.82, 2.24) is 10.6 Å². The molecule has 0 aliphatic heterocycles. The van der Waals surface area contributed by atoms with Gasteiger partial charge in [-0.2, -0.15) is 0 Å². The van der Waals surface area contributed by atoms with Crippen LogP contribution in [0.25, 0.3) is 0 Å². The molecule has 2 atom stereocenters. The molecule has 0 aromatic carbocycles. The molecule has 4 nitrogen and oxygen atoms in total. The third-order valence-electron chi connectivity index (χ3n) is 4.72. The van der Waals surface area contributed by atoms with E-state index in [0.29, 0.717) is 11.5 Å². The van der Waals surface area contributed by atoms with E-state index in [1.165, 1.54) is 12.8 Å². The molecule has 0 aromatic rings. The van der Waals surface area contributed by atoms with Crippen LogP contribution in [0.1, 0.15) is 65.2 Å². The zero-order valence-electron chi connectivity index (χ0n) is 12.2. The summed E-state index contributed by atoms with van der Waals surface area (Å²) < 4.78 is 0. The van der Waals surface area contributed by atoms with Gasteiger partial charge in [-0.1, -0.05) is 26.7 Å². The molecule has 2 fully saturated rings. The van der Waals surface area contributed by atoms with Crippen LogP contribution in [0.4, 0.5) is 4.79 Å². The predicted molar refractivity (Wildman–Crippen MR) is 76.0 cm³/mol. The fourth-order valence-corrected chi connectivity index (χ4v) is 3.22. The quantitative estimate of drug-likeness (QED) is 0.721. The molecule has 2 aliphatic carbocycles. The van der Waals surface area contributed by atoms with Crippen molar-refractivity contribution in [2.75, 3.05) is 0 Å². The molecule has 0 bridgehead atoms. The highest BCUT2D eigenvalue weighted by Crippen LogP contribution is 2.34. The second-order valence-electron chi connectivity index (χ2n) is 7.01. The molecule has 3 N–H and O–H groups in total. The maximum atomic E-state index is 12.0. The lowest BCUT2D eigenvalue weighted by atomic mass is 9.75. The van der Waals surface area contributed by atoms with Crippen LogP contribution >= 0.6 is 0 Å². The number of aliphatic hydroxyl groups excluding tert-OH is 1. The second-order valence-corrected chi connectivity index (χ2v) is 7.01. The van der Waals surface area contributed by atoms with Crippen LogP contribution in [0.5, 0.6) is 0 Å². The Bertz CT molecular complexity index is 307. The normalized spacial score (nSPS) is 31.7. The van der Waals surface area contributed by atoms with Crippen molar-refractivity contribution in [2.24, 2.45) is 5.41 Å². The third-order valence-corrected chi connectivity index (χ3v) is 4.72. The average molecular weight is 268 g/mol. The molecule has 2 rings (SSSR count). The van der Waals surface area contributed by atoms with Crippen molar-refractivity contribution in [2.45, 2.75) is 83.4 Å². The standard InChI is InChI=1S/C15H28N2O2/c1-15(2)9-7-11(8-10-15)16-14(19)17-12-5-3-4-6-13(12)18/h11-13,18H,3-10H2,1-2H3,(H2,16,17,19). The van der Waals surface area contributed by atoms with Crippen LogP contribution < -0.4 is 10.6 Å². The summed E-state index contributed by atoms with van der Waals surface area (Å²) in [5.74, 6) is 0. The molecule has 2 saturated carbocycles. The van der Waals surface area contributed by atoms with Crippen molar-refractivity contribution in [3.8, 4) is 0 Å². The maximum Gasteiger partial charge on any atom is 0.315 e. The monoisotopic (exact) mass is 268 g/mol. The Balaban J connectivity index is 1.72. The Morgan fingerprint density at radius 3 is 2.32 bits per heavy atom. The highest BCUT2D eigenvalue weighted by atomic mass is 16.3. The number of hydrogen-bond acceptors (Lipinski definition) is 2. The second kappa shape index (κ2) is 6.12. The molecule has 0 aromatic heterocycles. The van der Waals surface area contributed by atoms with Crippen LogP contribution in [0.2, 0.25) is 0 Å². The summed E-state index contributed by atoms with van der Waals surface area (Å²) in [5.41, 5.74) is 0.425. The number of nitrogens with one attached hydrogen (secondary N) is 2. The fourth-order valence-electron chi connectivity index (χ4n) is 3.22. The molecule has 110 valence electrons.